The molecule has 0 aliphatic heterocycles. The van der Waals surface area contributed by atoms with E-state index in [0.29, 0.717) is 24.5 Å². The van der Waals surface area contributed by atoms with E-state index in [1.165, 1.54) is 30.6 Å². The van der Waals surface area contributed by atoms with Crippen LogP contribution < -0.4 is 20.7 Å². The lowest BCUT2D eigenvalue weighted by Crippen LogP contribution is -2.38. The molecule has 0 saturated heterocycles. The second-order valence-electron chi connectivity index (χ2n) is 7.20. The van der Waals surface area contributed by atoms with Crippen LogP contribution in [0.5, 0.6) is 5.75 Å². The first-order chi connectivity index (χ1) is 14.1. The minimum Gasteiger partial charge on any atom is -0.497 e. The molecule has 0 radical (unpaired) electrons. The molecule has 3 N–H and O–H groups in total. The molecule has 0 bridgehead atoms. The molecule has 1 aliphatic rings. The number of hydrogen-bond acceptors (Lipinski definition) is 5. The molecule has 1 saturated carbocycles. The number of carbonyl (C=O) groups excluding carboxylic acids is 2. The molecule has 1 aliphatic carbocycles. The zero-order chi connectivity index (χ0) is 20.5. The van der Waals surface area contributed by atoms with Crippen LogP contribution in [0.15, 0.2) is 29.6 Å². The van der Waals surface area contributed by atoms with E-state index in [-0.39, 0.29) is 18.0 Å². The van der Waals surface area contributed by atoms with Gasteiger partial charge in [-0.1, -0.05) is 31.4 Å². The predicted molar refractivity (Wildman–Crippen MR) is 114 cm³/mol. The van der Waals surface area contributed by atoms with Crippen LogP contribution in [0.25, 0.3) is 0 Å². The molecular formula is C21H28N4O3S. The molecule has 1 heterocycles. The van der Waals surface area contributed by atoms with Gasteiger partial charge in [0.05, 0.1) is 12.8 Å². The van der Waals surface area contributed by atoms with Crippen molar-refractivity contribution >= 4 is 28.4 Å². The lowest BCUT2D eigenvalue weighted by molar-refractivity contribution is -0.121. The van der Waals surface area contributed by atoms with Gasteiger partial charge in [0, 0.05) is 24.4 Å². The van der Waals surface area contributed by atoms with E-state index in [1.54, 1.807) is 7.11 Å². The third-order valence-electron chi connectivity index (χ3n) is 4.97. The van der Waals surface area contributed by atoms with E-state index in [1.807, 2.05) is 29.6 Å². The number of nitrogens with zero attached hydrogens (tertiary/aromatic N) is 1. The van der Waals surface area contributed by atoms with Crippen molar-refractivity contribution in [1.29, 1.82) is 0 Å². The van der Waals surface area contributed by atoms with Crippen LogP contribution in [-0.2, 0) is 17.8 Å². The summed E-state index contributed by atoms with van der Waals surface area (Å²) in [4.78, 5) is 28.6. The quantitative estimate of drug-likeness (QED) is 0.609. The van der Waals surface area contributed by atoms with Gasteiger partial charge >= 0.3 is 6.03 Å². The normalized spacial score (nSPS) is 14.2. The number of ether oxygens (including phenoxy) is 1. The van der Waals surface area contributed by atoms with Crippen molar-refractivity contribution < 1.29 is 14.3 Å². The molecule has 0 atom stereocenters. The number of urea groups is 1. The predicted octanol–water partition coefficient (Wildman–Crippen LogP) is 3.85. The maximum absolute atomic E-state index is 12.1. The molecule has 0 unspecified atom stereocenters. The van der Waals surface area contributed by atoms with Gasteiger partial charge in [-0.2, -0.15) is 0 Å². The van der Waals surface area contributed by atoms with E-state index in [9.17, 15) is 9.59 Å². The number of hydrogen-bond donors (Lipinski definition) is 3. The maximum atomic E-state index is 12.1. The second kappa shape index (κ2) is 10.8. The summed E-state index contributed by atoms with van der Waals surface area (Å²) in [6, 6.07) is 7.66. The summed E-state index contributed by atoms with van der Waals surface area (Å²) in [6.45, 7) is 0.480. The average molecular weight is 417 g/mol. The first kappa shape index (κ1) is 21.1. The molecule has 8 heteroatoms. The molecular weight excluding hydrogens is 388 g/mol. The van der Waals surface area contributed by atoms with Crippen molar-refractivity contribution in [1.82, 2.24) is 15.6 Å². The van der Waals surface area contributed by atoms with Crippen molar-refractivity contribution in [3.05, 3.63) is 40.9 Å². The Bertz CT molecular complexity index is 801. The molecule has 0 spiro atoms. The highest BCUT2D eigenvalue weighted by atomic mass is 32.1. The summed E-state index contributed by atoms with van der Waals surface area (Å²) >= 11 is 1.38. The molecule has 29 heavy (non-hydrogen) atoms. The van der Waals surface area contributed by atoms with Crippen molar-refractivity contribution in [3.63, 3.8) is 0 Å². The Hall–Kier alpha value is -2.61. The van der Waals surface area contributed by atoms with E-state index < -0.39 is 0 Å². The maximum Gasteiger partial charge on any atom is 0.321 e. The van der Waals surface area contributed by atoms with Gasteiger partial charge in [-0.15, -0.1) is 11.3 Å². The van der Waals surface area contributed by atoms with Gasteiger partial charge in [0.25, 0.3) is 0 Å². The Morgan fingerprint density at radius 2 is 1.93 bits per heavy atom. The van der Waals surface area contributed by atoms with Gasteiger partial charge in [0.15, 0.2) is 5.13 Å². The zero-order valence-corrected chi connectivity index (χ0v) is 17.5. The summed E-state index contributed by atoms with van der Waals surface area (Å²) in [5.41, 5.74) is 1.82. The van der Waals surface area contributed by atoms with E-state index >= 15 is 0 Å². The lowest BCUT2D eigenvalue weighted by atomic mass is 9.96. The average Bonchev–Trinajstić information content (AvgIpc) is 3.19. The van der Waals surface area contributed by atoms with Crippen LogP contribution in [0.2, 0.25) is 0 Å². The van der Waals surface area contributed by atoms with Crippen molar-refractivity contribution in [2.75, 3.05) is 12.4 Å². The van der Waals surface area contributed by atoms with Crippen LogP contribution in [-0.4, -0.2) is 30.1 Å². The minimum atomic E-state index is -0.199. The Labute approximate surface area is 175 Å². The SMILES string of the molecule is COc1ccc(CNC(=O)CCc2csc(NC(=O)NC3CCCCC3)n2)cc1. The summed E-state index contributed by atoms with van der Waals surface area (Å²) < 4.78 is 5.12. The van der Waals surface area contributed by atoms with Crippen LogP contribution >= 0.6 is 11.3 Å². The highest BCUT2D eigenvalue weighted by Gasteiger charge is 2.16. The standard InChI is InChI=1S/C21H28N4O3S/c1-28-18-10-7-15(8-11-18)13-22-19(26)12-9-17-14-29-21(24-17)25-20(27)23-16-5-3-2-4-6-16/h7-8,10-11,14,16H,2-6,9,12-13H2,1H3,(H,22,26)(H2,23,24,25,27). The number of aryl methyl sites for hydroxylation is 1. The molecule has 3 rings (SSSR count). The van der Waals surface area contributed by atoms with Crippen LogP contribution in [0.3, 0.4) is 0 Å². The number of rotatable bonds is 8. The fourth-order valence-corrected chi connectivity index (χ4v) is 4.06. The molecule has 1 aromatic carbocycles. The molecule has 3 amide bonds. The lowest BCUT2D eigenvalue weighted by Gasteiger charge is -2.22. The van der Waals surface area contributed by atoms with Gasteiger partial charge < -0.3 is 15.4 Å². The number of anilines is 1. The second-order valence-corrected chi connectivity index (χ2v) is 8.06. The minimum absolute atomic E-state index is 0.0293. The smallest absolute Gasteiger partial charge is 0.321 e. The topological polar surface area (TPSA) is 92.4 Å². The van der Waals surface area contributed by atoms with Gasteiger partial charge in [-0.25, -0.2) is 9.78 Å². The zero-order valence-electron chi connectivity index (χ0n) is 16.7. The summed E-state index contributed by atoms with van der Waals surface area (Å²) in [5, 5.41) is 11.2. The third-order valence-corrected chi connectivity index (χ3v) is 5.78. The fourth-order valence-electron chi connectivity index (χ4n) is 3.32. The van der Waals surface area contributed by atoms with Gasteiger partial charge in [0.2, 0.25) is 5.91 Å². The van der Waals surface area contributed by atoms with E-state index in [4.69, 9.17) is 4.74 Å². The summed E-state index contributed by atoms with van der Waals surface area (Å²) in [6.07, 6.45) is 6.58. The Kier molecular flexibility index (Phi) is 7.86. The van der Waals surface area contributed by atoms with Crippen LogP contribution in [0.4, 0.5) is 9.93 Å². The van der Waals surface area contributed by atoms with Crippen LogP contribution in [0, 0.1) is 0 Å². The summed E-state index contributed by atoms with van der Waals surface area (Å²) in [5.74, 6) is 0.763. The Balaban J connectivity index is 1.36. The molecule has 1 fully saturated rings. The third kappa shape index (κ3) is 7.05. The molecule has 7 nitrogen and oxygen atoms in total. The number of methoxy groups -OCH3 is 1. The fraction of sp³-hybridized carbons (Fsp3) is 0.476. The van der Waals surface area contributed by atoms with Gasteiger partial charge in [-0.3, -0.25) is 10.1 Å². The molecule has 1 aromatic heterocycles. The monoisotopic (exact) mass is 416 g/mol. The van der Waals surface area contributed by atoms with E-state index in [2.05, 4.69) is 20.9 Å². The number of aromatic nitrogens is 1. The number of amides is 3. The molecule has 2 aromatic rings. The van der Waals surface area contributed by atoms with Gasteiger partial charge in [-0.05, 0) is 37.0 Å². The van der Waals surface area contributed by atoms with Crippen molar-refractivity contribution in [2.24, 2.45) is 0 Å². The number of nitrogens with one attached hydrogen (secondary N) is 3. The Morgan fingerprint density at radius 1 is 1.17 bits per heavy atom. The summed E-state index contributed by atoms with van der Waals surface area (Å²) in [7, 11) is 1.62. The number of thiazole rings is 1. The van der Waals surface area contributed by atoms with E-state index in [0.717, 1.165) is 29.8 Å². The first-order valence-electron chi connectivity index (χ1n) is 10.0. The largest absolute Gasteiger partial charge is 0.497 e. The van der Waals surface area contributed by atoms with Crippen LogP contribution in [0.1, 0.15) is 49.8 Å². The first-order valence-corrected chi connectivity index (χ1v) is 10.9. The highest BCUT2D eigenvalue weighted by Crippen LogP contribution is 2.19. The molecule has 156 valence electrons. The number of carbonyl (C=O) groups is 2. The Morgan fingerprint density at radius 3 is 2.66 bits per heavy atom. The van der Waals surface area contributed by atoms with Crippen molar-refractivity contribution in [2.45, 2.75) is 57.5 Å². The highest BCUT2D eigenvalue weighted by molar-refractivity contribution is 7.13. The van der Waals surface area contributed by atoms with Gasteiger partial charge in [0.1, 0.15) is 5.75 Å². The number of benzene rings is 1. The van der Waals surface area contributed by atoms with Crippen molar-refractivity contribution in [3.8, 4) is 5.75 Å².